The van der Waals surface area contributed by atoms with Gasteiger partial charge < -0.3 is 0 Å². The third kappa shape index (κ3) is 3.03. The Kier molecular flexibility index (Phi) is 4.53. The van der Waals surface area contributed by atoms with Gasteiger partial charge in [0.25, 0.3) is 0 Å². The van der Waals surface area contributed by atoms with Crippen molar-refractivity contribution >= 4 is 33.3 Å². The summed E-state index contributed by atoms with van der Waals surface area (Å²) < 4.78 is 0.994. The average Bonchev–Trinajstić information content (AvgIpc) is 2.62. The highest BCUT2D eigenvalue weighted by Crippen LogP contribution is 2.43. The molecular weight excluding hydrogens is 390 g/mol. The summed E-state index contributed by atoms with van der Waals surface area (Å²) in [6.07, 6.45) is 2.48. The molecule has 3 nitrogen and oxygen atoms in total. The minimum atomic E-state index is -0.139. The van der Waals surface area contributed by atoms with Gasteiger partial charge in [-0.3, -0.25) is 14.5 Å². The molecule has 0 N–H and O–H groups in total. The monoisotopic (exact) mass is 409 g/mol. The Balaban J connectivity index is 1.85. The van der Waals surface area contributed by atoms with Crippen molar-refractivity contribution in [2.45, 2.75) is 38.5 Å². The Bertz CT molecular complexity index is 914. The normalized spacial score (nSPS) is 20.4. The van der Waals surface area contributed by atoms with Crippen LogP contribution in [0.3, 0.4) is 0 Å². The second-order valence-corrected chi connectivity index (χ2v) is 7.93. The Morgan fingerprint density at radius 1 is 1.04 bits per heavy atom. The molecular formula is C22H20BrNO2. The summed E-state index contributed by atoms with van der Waals surface area (Å²) in [5, 5.41) is 0. The number of amides is 1. The number of carbonyl (C=O) groups excluding carboxylic acids is 2. The molecule has 1 aliphatic heterocycles. The van der Waals surface area contributed by atoms with Gasteiger partial charge in [-0.05, 0) is 55.2 Å². The summed E-state index contributed by atoms with van der Waals surface area (Å²) in [4.78, 5) is 27.7. The smallest absolute Gasteiger partial charge is 0.232 e. The molecule has 2 aliphatic rings. The minimum Gasteiger partial charge on any atom is -0.294 e. The van der Waals surface area contributed by atoms with Gasteiger partial charge >= 0.3 is 0 Å². The van der Waals surface area contributed by atoms with E-state index in [0.717, 1.165) is 45.4 Å². The highest BCUT2D eigenvalue weighted by atomic mass is 79.9. The Morgan fingerprint density at radius 3 is 2.54 bits per heavy atom. The Hall–Kier alpha value is -2.20. The number of nitrogens with zero attached hydrogens (tertiary/aromatic N) is 1. The lowest BCUT2D eigenvalue weighted by molar-refractivity contribution is -0.119. The predicted octanol–water partition coefficient (Wildman–Crippen LogP) is 5.29. The van der Waals surface area contributed by atoms with E-state index in [2.05, 4.69) is 15.9 Å². The highest BCUT2D eigenvalue weighted by molar-refractivity contribution is 9.10. The zero-order valence-electron chi connectivity index (χ0n) is 14.7. The number of halogens is 1. The first-order chi connectivity index (χ1) is 12.5. The van der Waals surface area contributed by atoms with Crippen molar-refractivity contribution in [2.24, 2.45) is 0 Å². The summed E-state index contributed by atoms with van der Waals surface area (Å²) in [5.74, 6) is 0.112. The maximum atomic E-state index is 13.1. The third-order valence-electron chi connectivity index (χ3n) is 5.21. The second kappa shape index (κ2) is 6.84. The summed E-state index contributed by atoms with van der Waals surface area (Å²) in [6, 6.07) is 15.9. The number of anilines is 1. The molecule has 0 fully saturated rings. The lowest BCUT2D eigenvalue weighted by Crippen LogP contribution is -2.40. The van der Waals surface area contributed by atoms with E-state index in [9.17, 15) is 9.59 Å². The van der Waals surface area contributed by atoms with Gasteiger partial charge in [0.2, 0.25) is 5.91 Å². The molecule has 1 heterocycles. The van der Waals surface area contributed by atoms with Gasteiger partial charge in [0.05, 0.1) is 0 Å². The molecule has 2 aromatic rings. The molecule has 0 saturated heterocycles. The summed E-state index contributed by atoms with van der Waals surface area (Å²) in [7, 11) is 0. The zero-order valence-corrected chi connectivity index (χ0v) is 16.3. The molecule has 0 radical (unpaired) electrons. The predicted molar refractivity (Wildman–Crippen MR) is 106 cm³/mol. The lowest BCUT2D eigenvalue weighted by atomic mass is 9.77. The first-order valence-corrected chi connectivity index (χ1v) is 9.75. The third-order valence-corrected chi connectivity index (χ3v) is 5.74. The molecule has 1 unspecified atom stereocenters. The number of rotatable bonds is 2. The van der Waals surface area contributed by atoms with E-state index in [1.165, 1.54) is 0 Å². The van der Waals surface area contributed by atoms with Crippen LogP contribution in [0.2, 0.25) is 0 Å². The molecule has 1 atom stereocenters. The van der Waals surface area contributed by atoms with Crippen LogP contribution in [0.4, 0.5) is 5.69 Å². The van der Waals surface area contributed by atoms with Crippen LogP contribution in [-0.4, -0.2) is 11.7 Å². The van der Waals surface area contributed by atoms with Crippen molar-refractivity contribution in [3.8, 4) is 0 Å². The molecule has 26 heavy (non-hydrogen) atoms. The van der Waals surface area contributed by atoms with Gasteiger partial charge in [-0.2, -0.15) is 0 Å². The first kappa shape index (κ1) is 17.2. The first-order valence-electron chi connectivity index (χ1n) is 8.96. The minimum absolute atomic E-state index is 0.0666. The number of ketones is 1. The number of carbonyl (C=O) groups is 2. The summed E-state index contributed by atoms with van der Waals surface area (Å²) in [6.45, 7) is 2.02. The molecule has 132 valence electrons. The zero-order chi connectivity index (χ0) is 18.3. The van der Waals surface area contributed by atoms with E-state index in [0.29, 0.717) is 12.8 Å². The van der Waals surface area contributed by atoms with Crippen molar-refractivity contribution in [3.05, 3.63) is 75.4 Å². The van der Waals surface area contributed by atoms with Crippen LogP contribution in [0, 0.1) is 6.92 Å². The van der Waals surface area contributed by atoms with Gasteiger partial charge in [0.1, 0.15) is 0 Å². The van der Waals surface area contributed by atoms with Gasteiger partial charge in [-0.15, -0.1) is 0 Å². The number of Topliss-reactive ketones (excluding diaryl/α,β-unsaturated/α-hetero) is 1. The van der Waals surface area contributed by atoms with Gasteiger partial charge in [-0.1, -0.05) is 40.2 Å². The highest BCUT2D eigenvalue weighted by Gasteiger charge is 2.39. The lowest BCUT2D eigenvalue weighted by Gasteiger charge is -2.38. The van der Waals surface area contributed by atoms with Crippen LogP contribution in [-0.2, 0) is 9.59 Å². The van der Waals surface area contributed by atoms with Crippen LogP contribution in [0.5, 0.6) is 0 Å². The van der Waals surface area contributed by atoms with Crippen LogP contribution >= 0.6 is 15.9 Å². The van der Waals surface area contributed by atoms with E-state index in [1.54, 1.807) is 4.90 Å². The summed E-state index contributed by atoms with van der Waals surface area (Å²) >= 11 is 3.45. The largest absolute Gasteiger partial charge is 0.294 e. The van der Waals surface area contributed by atoms with Crippen LogP contribution < -0.4 is 4.90 Å². The average molecular weight is 410 g/mol. The maximum absolute atomic E-state index is 13.1. The second-order valence-electron chi connectivity index (χ2n) is 7.01. The van der Waals surface area contributed by atoms with E-state index < -0.39 is 0 Å². The van der Waals surface area contributed by atoms with Gasteiger partial charge in [0.15, 0.2) is 5.78 Å². The molecule has 0 aromatic heterocycles. The number of hydrogen-bond acceptors (Lipinski definition) is 2. The molecule has 1 amide bonds. The maximum Gasteiger partial charge on any atom is 0.232 e. The SMILES string of the molecule is Cc1cccc(N2C(=O)CC(c3ccc(Br)cc3)C3=C2CCCC3=O)c1. The van der Waals surface area contributed by atoms with Gasteiger partial charge in [0, 0.05) is 40.2 Å². The molecule has 4 rings (SSSR count). The Morgan fingerprint density at radius 2 is 1.81 bits per heavy atom. The number of allylic oxidation sites excluding steroid dienone is 2. The standard InChI is InChI=1S/C22H20BrNO2/c1-14-4-2-5-17(12-14)24-19-6-3-7-20(25)22(19)18(13-21(24)26)15-8-10-16(23)11-9-15/h2,4-5,8-12,18H,3,6-7,13H2,1H3. The quantitative estimate of drug-likeness (QED) is 0.675. The van der Waals surface area contributed by atoms with Crippen LogP contribution in [0.1, 0.15) is 42.7 Å². The topological polar surface area (TPSA) is 37.4 Å². The van der Waals surface area contributed by atoms with Crippen molar-refractivity contribution in [3.63, 3.8) is 0 Å². The summed E-state index contributed by atoms with van der Waals surface area (Å²) in [5.41, 5.74) is 4.74. The Labute approximate surface area is 161 Å². The fourth-order valence-corrected chi connectivity index (χ4v) is 4.30. The van der Waals surface area contributed by atoms with Crippen molar-refractivity contribution in [1.29, 1.82) is 0 Å². The molecule has 1 aliphatic carbocycles. The van der Waals surface area contributed by atoms with E-state index in [1.807, 2.05) is 55.5 Å². The fraction of sp³-hybridized carbons (Fsp3) is 0.273. The molecule has 0 bridgehead atoms. The van der Waals surface area contributed by atoms with Crippen molar-refractivity contribution in [1.82, 2.24) is 0 Å². The fourth-order valence-electron chi connectivity index (χ4n) is 4.04. The molecule has 0 spiro atoms. The van der Waals surface area contributed by atoms with Crippen molar-refractivity contribution < 1.29 is 9.59 Å². The van der Waals surface area contributed by atoms with Crippen LogP contribution in [0.15, 0.2) is 64.3 Å². The van der Waals surface area contributed by atoms with E-state index in [-0.39, 0.29) is 17.6 Å². The molecule has 2 aromatic carbocycles. The van der Waals surface area contributed by atoms with E-state index in [4.69, 9.17) is 0 Å². The number of benzene rings is 2. The number of hydrogen-bond donors (Lipinski definition) is 0. The number of aryl methyl sites for hydroxylation is 1. The molecule has 4 heteroatoms. The molecule has 0 saturated carbocycles. The van der Waals surface area contributed by atoms with E-state index >= 15 is 0 Å². The van der Waals surface area contributed by atoms with Gasteiger partial charge in [-0.25, -0.2) is 0 Å². The van der Waals surface area contributed by atoms with Crippen molar-refractivity contribution in [2.75, 3.05) is 4.90 Å². The van der Waals surface area contributed by atoms with Crippen LogP contribution in [0.25, 0.3) is 0 Å².